The van der Waals surface area contributed by atoms with Gasteiger partial charge in [0.05, 0.1) is 4.88 Å². The van der Waals surface area contributed by atoms with Crippen LogP contribution in [0.25, 0.3) is 0 Å². The molecule has 0 bridgehead atoms. The lowest BCUT2D eigenvalue weighted by molar-refractivity contribution is 0.0980. The maximum atomic E-state index is 11.8. The highest BCUT2D eigenvalue weighted by molar-refractivity contribution is 7.80. The van der Waals surface area contributed by atoms with Gasteiger partial charge in [-0.05, 0) is 42.4 Å². The van der Waals surface area contributed by atoms with Crippen molar-refractivity contribution >= 4 is 34.6 Å². The van der Waals surface area contributed by atoms with Crippen molar-refractivity contribution in [1.82, 2.24) is 10.6 Å². The van der Waals surface area contributed by atoms with Crippen LogP contribution in [0.5, 0.6) is 0 Å². The Morgan fingerprint density at radius 3 is 2.89 bits per heavy atom. The SMILES string of the molecule is C[C@H]1CCCC[C@@H]1NC(=S)NC(=O)c1cccs1. The third-order valence-corrected chi connectivity index (χ3v) is 4.49. The van der Waals surface area contributed by atoms with Crippen LogP contribution >= 0.6 is 23.6 Å². The van der Waals surface area contributed by atoms with Gasteiger partial charge in [0, 0.05) is 6.04 Å². The van der Waals surface area contributed by atoms with Gasteiger partial charge in [0.15, 0.2) is 5.11 Å². The lowest BCUT2D eigenvalue weighted by Crippen LogP contribution is -2.47. The van der Waals surface area contributed by atoms with E-state index < -0.39 is 0 Å². The standard InChI is InChI=1S/C13H18N2OS2/c1-9-5-2-3-6-10(9)14-13(17)15-12(16)11-7-4-8-18-11/h4,7-10H,2-3,5-6H2,1H3,(H2,14,15,16,17)/t9-,10-/m0/s1. The zero-order chi connectivity index (χ0) is 13.0. The van der Waals surface area contributed by atoms with Crippen LogP contribution in [0.15, 0.2) is 17.5 Å². The Labute approximate surface area is 117 Å². The van der Waals surface area contributed by atoms with Crippen LogP contribution in [0.1, 0.15) is 42.3 Å². The number of nitrogens with one attached hydrogen (secondary N) is 2. The first-order valence-electron chi connectivity index (χ1n) is 6.32. The molecule has 2 N–H and O–H groups in total. The summed E-state index contributed by atoms with van der Waals surface area (Å²) in [6, 6.07) is 4.06. The van der Waals surface area contributed by atoms with Crippen molar-refractivity contribution in [3.63, 3.8) is 0 Å². The van der Waals surface area contributed by atoms with E-state index in [2.05, 4.69) is 17.6 Å². The van der Waals surface area contributed by atoms with E-state index in [0.717, 1.165) is 6.42 Å². The normalized spacial score (nSPS) is 23.4. The van der Waals surface area contributed by atoms with Crippen molar-refractivity contribution < 1.29 is 4.79 Å². The number of amides is 1. The third kappa shape index (κ3) is 3.53. The second-order valence-electron chi connectivity index (χ2n) is 4.77. The molecule has 1 amide bonds. The number of carbonyl (C=O) groups is 1. The van der Waals surface area contributed by atoms with Crippen LogP contribution in [0.4, 0.5) is 0 Å². The molecule has 1 heterocycles. The molecule has 1 aliphatic carbocycles. The molecule has 5 heteroatoms. The summed E-state index contributed by atoms with van der Waals surface area (Å²) in [5, 5.41) is 8.34. The van der Waals surface area contributed by atoms with E-state index >= 15 is 0 Å². The van der Waals surface area contributed by atoms with Crippen LogP contribution in [-0.2, 0) is 0 Å². The van der Waals surface area contributed by atoms with Gasteiger partial charge in [0.25, 0.3) is 5.91 Å². The van der Waals surface area contributed by atoms with Crippen molar-refractivity contribution in [2.75, 3.05) is 0 Å². The molecule has 1 aromatic rings. The van der Waals surface area contributed by atoms with Gasteiger partial charge in [-0.3, -0.25) is 10.1 Å². The van der Waals surface area contributed by atoms with Gasteiger partial charge in [-0.25, -0.2) is 0 Å². The summed E-state index contributed by atoms with van der Waals surface area (Å²) in [5.41, 5.74) is 0. The molecule has 98 valence electrons. The molecule has 2 rings (SSSR count). The third-order valence-electron chi connectivity index (χ3n) is 3.40. The summed E-state index contributed by atoms with van der Waals surface area (Å²) < 4.78 is 0. The fourth-order valence-corrected chi connectivity index (χ4v) is 3.17. The van der Waals surface area contributed by atoms with Crippen molar-refractivity contribution in [2.45, 2.75) is 38.6 Å². The number of carbonyl (C=O) groups excluding carboxylic acids is 1. The molecular weight excluding hydrogens is 264 g/mol. The van der Waals surface area contributed by atoms with Gasteiger partial charge in [0.1, 0.15) is 0 Å². The van der Waals surface area contributed by atoms with Gasteiger partial charge < -0.3 is 5.32 Å². The quantitative estimate of drug-likeness (QED) is 0.820. The van der Waals surface area contributed by atoms with Gasteiger partial charge >= 0.3 is 0 Å². The molecular formula is C13H18N2OS2. The van der Waals surface area contributed by atoms with Gasteiger partial charge in [0.2, 0.25) is 0 Å². The topological polar surface area (TPSA) is 41.1 Å². The summed E-state index contributed by atoms with van der Waals surface area (Å²) in [6.07, 6.45) is 4.91. The Kier molecular flexibility index (Phi) is 4.72. The number of hydrogen-bond donors (Lipinski definition) is 2. The smallest absolute Gasteiger partial charge is 0.267 e. The maximum Gasteiger partial charge on any atom is 0.267 e. The van der Waals surface area contributed by atoms with E-state index in [-0.39, 0.29) is 5.91 Å². The molecule has 2 atom stereocenters. The van der Waals surface area contributed by atoms with Crippen molar-refractivity contribution in [1.29, 1.82) is 0 Å². The Balaban J connectivity index is 1.83. The minimum absolute atomic E-state index is 0.119. The van der Waals surface area contributed by atoms with Crippen LogP contribution in [0.2, 0.25) is 0 Å². The predicted octanol–water partition coefficient (Wildman–Crippen LogP) is 2.93. The zero-order valence-corrected chi connectivity index (χ0v) is 12.1. The minimum Gasteiger partial charge on any atom is -0.359 e. The largest absolute Gasteiger partial charge is 0.359 e. The molecule has 0 aromatic carbocycles. The lowest BCUT2D eigenvalue weighted by atomic mass is 9.86. The van der Waals surface area contributed by atoms with Gasteiger partial charge in [-0.2, -0.15) is 0 Å². The Morgan fingerprint density at radius 2 is 2.22 bits per heavy atom. The number of hydrogen-bond acceptors (Lipinski definition) is 3. The van der Waals surface area contributed by atoms with Crippen LogP contribution in [0, 0.1) is 5.92 Å². The molecule has 1 aromatic heterocycles. The molecule has 0 spiro atoms. The molecule has 0 radical (unpaired) electrons. The average molecular weight is 282 g/mol. The van der Waals surface area contributed by atoms with E-state index in [1.807, 2.05) is 11.4 Å². The maximum absolute atomic E-state index is 11.8. The Bertz CT molecular complexity index is 417. The van der Waals surface area contributed by atoms with E-state index in [0.29, 0.717) is 21.9 Å². The minimum atomic E-state index is -0.119. The van der Waals surface area contributed by atoms with Crippen molar-refractivity contribution in [3.05, 3.63) is 22.4 Å². The predicted molar refractivity (Wildman–Crippen MR) is 78.9 cm³/mol. The molecule has 0 unspecified atom stereocenters. The lowest BCUT2D eigenvalue weighted by Gasteiger charge is -2.30. The monoisotopic (exact) mass is 282 g/mol. The van der Waals surface area contributed by atoms with Gasteiger partial charge in [-0.1, -0.05) is 25.8 Å². The summed E-state index contributed by atoms with van der Waals surface area (Å²) >= 11 is 6.62. The average Bonchev–Trinajstić information content (AvgIpc) is 2.85. The van der Waals surface area contributed by atoms with Crippen LogP contribution in [-0.4, -0.2) is 17.1 Å². The summed E-state index contributed by atoms with van der Waals surface area (Å²) in [6.45, 7) is 2.24. The summed E-state index contributed by atoms with van der Waals surface area (Å²) in [7, 11) is 0. The van der Waals surface area contributed by atoms with Crippen molar-refractivity contribution in [3.8, 4) is 0 Å². The van der Waals surface area contributed by atoms with E-state index in [4.69, 9.17) is 12.2 Å². The van der Waals surface area contributed by atoms with Crippen LogP contribution < -0.4 is 10.6 Å². The Morgan fingerprint density at radius 1 is 1.44 bits per heavy atom. The molecule has 0 saturated heterocycles. The second-order valence-corrected chi connectivity index (χ2v) is 6.13. The molecule has 18 heavy (non-hydrogen) atoms. The first kappa shape index (κ1) is 13.5. The number of rotatable bonds is 2. The van der Waals surface area contributed by atoms with Gasteiger partial charge in [-0.15, -0.1) is 11.3 Å². The summed E-state index contributed by atoms with van der Waals surface area (Å²) in [4.78, 5) is 12.5. The van der Waals surface area contributed by atoms with E-state index in [9.17, 15) is 4.79 Å². The van der Waals surface area contributed by atoms with Crippen molar-refractivity contribution in [2.24, 2.45) is 5.92 Å². The first-order chi connectivity index (χ1) is 8.66. The molecule has 1 aliphatic rings. The highest BCUT2D eigenvalue weighted by Gasteiger charge is 2.22. The number of thiocarbonyl (C=S) groups is 1. The fraction of sp³-hybridized carbons (Fsp3) is 0.538. The summed E-state index contributed by atoms with van der Waals surface area (Å²) in [5.74, 6) is 0.501. The zero-order valence-electron chi connectivity index (χ0n) is 10.4. The highest BCUT2D eigenvalue weighted by Crippen LogP contribution is 2.23. The molecule has 1 saturated carbocycles. The molecule has 3 nitrogen and oxygen atoms in total. The van der Waals surface area contributed by atoms with E-state index in [1.54, 1.807) is 6.07 Å². The highest BCUT2D eigenvalue weighted by atomic mass is 32.1. The van der Waals surface area contributed by atoms with Crippen LogP contribution in [0.3, 0.4) is 0 Å². The number of thiophene rings is 1. The Hall–Kier alpha value is -0.940. The second kappa shape index (κ2) is 6.29. The first-order valence-corrected chi connectivity index (χ1v) is 7.61. The fourth-order valence-electron chi connectivity index (χ4n) is 2.31. The van der Waals surface area contributed by atoms with E-state index in [1.165, 1.54) is 30.6 Å². The molecule has 0 aliphatic heterocycles. The molecule has 1 fully saturated rings.